The van der Waals surface area contributed by atoms with Gasteiger partial charge in [-0.25, -0.2) is 0 Å². The maximum absolute atomic E-state index is 2.38. The molecule has 6 rings (SSSR count). The highest BCUT2D eigenvalue weighted by molar-refractivity contribution is 6.12. The van der Waals surface area contributed by atoms with Crippen molar-refractivity contribution in [2.75, 3.05) is 0 Å². The van der Waals surface area contributed by atoms with Crippen molar-refractivity contribution in [3.05, 3.63) is 96.1 Å². The fraction of sp³-hybridized carbons (Fsp3) is 0.0400. The van der Waals surface area contributed by atoms with Crippen molar-refractivity contribution in [2.24, 2.45) is 0 Å². The molecule has 0 aromatic heterocycles. The summed E-state index contributed by atoms with van der Waals surface area (Å²) in [5.74, 6) is 0. The van der Waals surface area contributed by atoms with Crippen LogP contribution in [0.15, 0.2) is 84.9 Å². The molecule has 0 fully saturated rings. The van der Waals surface area contributed by atoms with Crippen molar-refractivity contribution in [1.29, 1.82) is 0 Å². The fourth-order valence-electron chi connectivity index (χ4n) is 4.47. The Hall–Kier alpha value is -3.12. The van der Waals surface area contributed by atoms with Crippen LogP contribution in [0.25, 0.3) is 43.4 Å². The summed E-state index contributed by atoms with van der Waals surface area (Å²) in [4.78, 5) is 0. The molecule has 0 N–H and O–H groups in total. The van der Waals surface area contributed by atoms with Crippen molar-refractivity contribution in [2.45, 2.75) is 6.42 Å². The normalized spacial score (nSPS) is 12.6. The SMILES string of the molecule is c1ccc2cc3c4c(ccc3cc2c1)Cc1ccc2ccccc2c1-4. The summed E-state index contributed by atoms with van der Waals surface area (Å²) in [6.07, 6.45) is 1.04. The van der Waals surface area contributed by atoms with Crippen molar-refractivity contribution in [3.8, 4) is 11.1 Å². The Balaban J connectivity index is 1.81. The van der Waals surface area contributed by atoms with Crippen LogP contribution in [0.5, 0.6) is 0 Å². The minimum atomic E-state index is 1.04. The summed E-state index contributed by atoms with van der Waals surface area (Å²) < 4.78 is 0. The molecule has 0 saturated heterocycles. The third kappa shape index (κ3) is 1.77. The van der Waals surface area contributed by atoms with Gasteiger partial charge >= 0.3 is 0 Å². The number of hydrogen-bond donors (Lipinski definition) is 0. The van der Waals surface area contributed by atoms with E-state index in [0.717, 1.165) is 6.42 Å². The van der Waals surface area contributed by atoms with E-state index < -0.39 is 0 Å². The van der Waals surface area contributed by atoms with Crippen molar-refractivity contribution >= 4 is 32.3 Å². The molecule has 0 heteroatoms. The molecule has 5 aromatic carbocycles. The molecule has 0 bridgehead atoms. The number of benzene rings is 5. The minimum absolute atomic E-state index is 1.04. The Bertz CT molecular complexity index is 1310. The standard InChI is InChI=1S/C25H16/c1-2-7-18-15-23-19(13-17(18)6-1)10-12-21-14-20-11-9-16-5-3-4-8-22(16)24(20)25(21)23/h1-13,15H,14H2. The summed E-state index contributed by atoms with van der Waals surface area (Å²) >= 11 is 0. The second-order valence-corrected chi connectivity index (χ2v) is 7.02. The monoisotopic (exact) mass is 316 g/mol. The van der Waals surface area contributed by atoms with E-state index in [1.165, 1.54) is 54.6 Å². The van der Waals surface area contributed by atoms with E-state index in [9.17, 15) is 0 Å². The smallest absolute Gasteiger partial charge is 0.00130 e. The van der Waals surface area contributed by atoms with E-state index in [-0.39, 0.29) is 0 Å². The van der Waals surface area contributed by atoms with Crippen LogP contribution in [-0.4, -0.2) is 0 Å². The molecule has 1 aliphatic carbocycles. The zero-order valence-corrected chi connectivity index (χ0v) is 13.8. The van der Waals surface area contributed by atoms with Gasteiger partial charge in [0.15, 0.2) is 0 Å². The van der Waals surface area contributed by atoms with E-state index in [4.69, 9.17) is 0 Å². The van der Waals surface area contributed by atoms with Crippen molar-refractivity contribution in [1.82, 2.24) is 0 Å². The van der Waals surface area contributed by atoms with E-state index in [1.54, 1.807) is 0 Å². The number of rotatable bonds is 0. The Morgan fingerprint density at radius 3 is 1.84 bits per heavy atom. The number of hydrogen-bond acceptors (Lipinski definition) is 0. The highest BCUT2D eigenvalue weighted by Crippen LogP contribution is 2.45. The van der Waals surface area contributed by atoms with Gasteiger partial charge in [-0.2, -0.15) is 0 Å². The van der Waals surface area contributed by atoms with Gasteiger partial charge in [-0.05, 0) is 73.1 Å². The second kappa shape index (κ2) is 4.70. The first kappa shape index (κ1) is 13.2. The molecule has 0 atom stereocenters. The summed E-state index contributed by atoms with van der Waals surface area (Å²) in [5.41, 5.74) is 5.78. The first-order chi connectivity index (χ1) is 12.4. The summed E-state index contributed by atoms with van der Waals surface area (Å²) in [7, 11) is 0. The van der Waals surface area contributed by atoms with Crippen LogP contribution in [0.2, 0.25) is 0 Å². The lowest BCUT2D eigenvalue weighted by Crippen LogP contribution is -1.85. The maximum Gasteiger partial charge on any atom is -0.00130 e. The van der Waals surface area contributed by atoms with Gasteiger partial charge in [-0.3, -0.25) is 0 Å². The van der Waals surface area contributed by atoms with E-state index in [1.807, 2.05) is 0 Å². The molecule has 0 radical (unpaired) electrons. The van der Waals surface area contributed by atoms with Crippen LogP contribution in [0.1, 0.15) is 11.1 Å². The van der Waals surface area contributed by atoms with Crippen LogP contribution in [0, 0.1) is 0 Å². The number of fused-ring (bicyclic) bond motifs is 8. The Labute approximate surface area is 146 Å². The predicted octanol–water partition coefficient (Wildman–Crippen LogP) is 6.72. The Morgan fingerprint density at radius 1 is 0.440 bits per heavy atom. The van der Waals surface area contributed by atoms with Gasteiger partial charge in [0.05, 0.1) is 0 Å². The van der Waals surface area contributed by atoms with Gasteiger partial charge in [0.2, 0.25) is 0 Å². The lowest BCUT2D eigenvalue weighted by atomic mass is 9.92. The van der Waals surface area contributed by atoms with Gasteiger partial charge in [-0.15, -0.1) is 0 Å². The van der Waals surface area contributed by atoms with Crippen molar-refractivity contribution in [3.63, 3.8) is 0 Å². The molecule has 0 heterocycles. The summed E-state index contributed by atoms with van der Waals surface area (Å²) in [6, 6.07) is 31.3. The molecule has 0 aliphatic heterocycles. The molecule has 1 aliphatic rings. The molecule has 0 spiro atoms. The van der Waals surface area contributed by atoms with E-state index in [2.05, 4.69) is 84.9 Å². The second-order valence-electron chi connectivity index (χ2n) is 7.02. The van der Waals surface area contributed by atoms with Crippen molar-refractivity contribution < 1.29 is 0 Å². The van der Waals surface area contributed by atoms with Crippen LogP contribution in [-0.2, 0) is 6.42 Å². The summed E-state index contributed by atoms with van der Waals surface area (Å²) in [5, 5.41) is 8.04. The Kier molecular flexibility index (Phi) is 2.48. The van der Waals surface area contributed by atoms with Gasteiger partial charge in [-0.1, -0.05) is 72.8 Å². The van der Waals surface area contributed by atoms with Gasteiger partial charge in [0.25, 0.3) is 0 Å². The molecule has 0 amide bonds. The fourth-order valence-corrected chi connectivity index (χ4v) is 4.47. The summed E-state index contributed by atoms with van der Waals surface area (Å²) in [6.45, 7) is 0. The van der Waals surface area contributed by atoms with Crippen LogP contribution >= 0.6 is 0 Å². The van der Waals surface area contributed by atoms with Gasteiger partial charge in [0.1, 0.15) is 0 Å². The van der Waals surface area contributed by atoms with Gasteiger partial charge in [0, 0.05) is 0 Å². The van der Waals surface area contributed by atoms with Gasteiger partial charge < -0.3 is 0 Å². The molecule has 0 unspecified atom stereocenters. The maximum atomic E-state index is 2.38. The zero-order chi connectivity index (χ0) is 16.4. The first-order valence-corrected chi connectivity index (χ1v) is 8.84. The first-order valence-electron chi connectivity index (χ1n) is 8.84. The molecular formula is C25H16. The highest BCUT2D eigenvalue weighted by atomic mass is 14.3. The Morgan fingerprint density at radius 2 is 1.04 bits per heavy atom. The zero-order valence-electron chi connectivity index (χ0n) is 13.8. The molecular weight excluding hydrogens is 300 g/mol. The molecule has 25 heavy (non-hydrogen) atoms. The van der Waals surface area contributed by atoms with E-state index in [0.29, 0.717) is 0 Å². The third-order valence-electron chi connectivity index (χ3n) is 5.62. The lowest BCUT2D eigenvalue weighted by molar-refractivity contribution is 1.27. The minimum Gasteiger partial charge on any atom is -0.0616 e. The van der Waals surface area contributed by atoms with Crippen LogP contribution < -0.4 is 0 Å². The van der Waals surface area contributed by atoms with Crippen LogP contribution in [0.3, 0.4) is 0 Å². The third-order valence-corrected chi connectivity index (χ3v) is 5.62. The lowest BCUT2D eigenvalue weighted by Gasteiger charge is -2.11. The van der Waals surface area contributed by atoms with E-state index >= 15 is 0 Å². The largest absolute Gasteiger partial charge is 0.0616 e. The molecule has 0 saturated carbocycles. The highest BCUT2D eigenvalue weighted by Gasteiger charge is 2.22. The average Bonchev–Trinajstić information content (AvgIpc) is 3.06. The van der Waals surface area contributed by atoms with Crippen LogP contribution in [0.4, 0.5) is 0 Å². The predicted molar refractivity (Wildman–Crippen MR) is 107 cm³/mol. The molecule has 5 aromatic rings. The quantitative estimate of drug-likeness (QED) is 0.273. The molecule has 116 valence electrons. The average molecular weight is 316 g/mol. The topological polar surface area (TPSA) is 0 Å². The molecule has 0 nitrogen and oxygen atoms in total.